The largest absolute Gasteiger partial charge is 0.359 e. The van der Waals surface area contributed by atoms with Crippen LogP contribution in [0.4, 0.5) is 11.5 Å². The van der Waals surface area contributed by atoms with Gasteiger partial charge < -0.3 is 5.32 Å². The van der Waals surface area contributed by atoms with Gasteiger partial charge in [-0.1, -0.05) is 13.0 Å². The predicted molar refractivity (Wildman–Crippen MR) is 75.5 cm³/mol. The van der Waals surface area contributed by atoms with E-state index in [1.54, 1.807) is 17.8 Å². The van der Waals surface area contributed by atoms with Crippen molar-refractivity contribution in [2.24, 2.45) is 0 Å². The third-order valence-electron chi connectivity index (χ3n) is 2.88. The first-order valence-corrected chi connectivity index (χ1v) is 6.49. The lowest BCUT2D eigenvalue weighted by Gasteiger charge is -2.08. The second-order valence-electron chi connectivity index (χ2n) is 4.44. The van der Waals surface area contributed by atoms with Gasteiger partial charge in [0.1, 0.15) is 5.69 Å². The molecule has 7 nitrogen and oxygen atoms in total. The molecule has 106 valence electrons. The van der Waals surface area contributed by atoms with E-state index in [9.17, 15) is 10.1 Å². The van der Waals surface area contributed by atoms with Crippen LogP contribution in [-0.4, -0.2) is 19.7 Å². The van der Waals surface area contributed by atoms with Crippen molar-refractivity contribution in [1.82, 2.24) is 14.8 Å². The van der Waals surface area contributed by atoms with E-state index in [0.717, 1.165) is 12.1 Å². The molecule has 0 radical (unpaired) electrons. The molecule has 0 saturated carbocycles. The van der Waals surface area contributed by atoms with Crippen LogP contribution in [0.15, 0.2) is 24.4 Å². The minimum atomic E-state index is -0.394. The number of rotatable bonds is 6. The summed E-state index contributed by atoms with van der Waals surface area (Å²) in [5.41, 5.74) is 1.28. The molecular weight excluding hydrogens is 258 g/mol. The monoisotopic (exact) mass is 275 g/mol. The van der Waals surface area contributed by atoms with Gasteiger partial charge in [0.2, 0.25) is 5.82 Å². The zero-order valence-corrected chi connectivity index (χ0v) is 11.5. The predicted octanol–water partition coefficient (Wildman–Crippen LogP) is 2.52. The Bertz CT molecular complexity index is 594. The summed E-state index contributed by atoms with van der Waals surface area (Å²) < 4.78 is 1.65. The molecule has 0 saturated heterocycles. The third kappa shape index (κ3) is 2.93. The number of pyridine rings is 1. The number of hydrogen-bond acceptors (Lipinski definition) is 5. The molecule has 0 aliphatic carbocycles. The molecule has 7 heteroatoms. The summed E-state index contributed by atoms with van der Waals surface area (Å²) in [6.07, 6.45) is 2.55. The second kappa shape index (κ2) is 6.14. The maximum absolute atomic E-state index is 11.2. The van der Waals surface area contributed by atoms with Gasteiger partial charge in [-0.15, -0.1) is 0 Å². The molecule has 2 heterocycles. The highest BCUT2D eigenvalue weighted by atomic mass is 16.6. The van der Waals surface area contributed by atoms with Crippen LogP contribution in [0.3, 0.4) is 0 Å². The van der Waals surface area contributed by atoms with Crippen LogP contribution in [0.25, 0.3) is 0 Å². The summed E-state index contributed by atoms with van der Waals surface area (Å²) in [7, 11) is 0. The lowest BCUT2D eigenvalue weighted by molar-refractivity contribution is -0.384. The Morgan fingerprint density at radius 3 is 2.85 bits per heavy atom. The van der Waals surface area contributed by atoms with E-state index in [2.05, 4.69) is 15.4 Å². The molecule has 2 aromatic rings. The van der Waals surface area contributed by atoms with Crippen molar-refractivity contribution in [2.45, 2.75) is 33.4 Å². The Labute approximate surface area is 116 Å². The van der Waals surface area contributed by atoms with Gasteiger partial charge in [-0.2, -0.15) is 5.10 Å². The Balaban J connectivity index is 2.26. The average molecular weight is 275 g/mol. The summed E-state index contributed by atoms with van der Waals surface area (Å²) in [6, 6.07) is 5.58. The van der Waals surface area contributed by atoms with Gasteiger partial charge in [-0.25, -0.2) is 4.68 Å². The van der Waals surface area contributed by atoms with Crippen molar-refractivity contribution in [2.75, 3.05) is 5.32 Å². The van der Waals surface area contributed by atoms with Gasteiger partial charge in [0.25, 0.3) is 0 Å². The van der Waals surface area contributed by atoms with Crippen molar-refractivity contribution in [3.63, 3.8) is 0 Å². The zero-order chi connectivity index (χ0) is 14.5. The number of nitrogens with one attached hydrogen (secondary N) is 1. The number of nitrogens with zero attached hydrogens (tertiary/aromatic N) is 4. The highest BCUT2D eigenvalue weighted by Gasteiger charge is 2.24. The lowest BCUT2D eigenvalue weighted by Crippen LogP contribution is -2.09. The molecule has 1 N–H and O–H groups in total. The Morgan fingerprint density at radius 1 is 1.45 bits per heavy atom. The number of aryl methyl sites for hydroxylation is 2. The standard InChI is InChI=1S/C13H17N5O2/c1-3-8-17-13(12(18(19)20)10(2)16-17)15-9-11-6-4-5-7-14-11/h4-7,15H,3,8-9H2,1-2H3. The first kappa shape index (κ1) is 14.0. The molecule has 20 heavy (non-hydrogen) atoms. The SMILES string of the molecule is CCCn1nc(C)c([N+](=O)[O-])c1NCc1ccccn1. The number of anilines is 1. The van der Waals surface area contributed by atoms with Gasteiger partial charge >= 0.3 is 5.69 Å². The minimum absolute atomic E-state index is 0.0365. The molecule has 0 amide bonds. The van der Waals surface area contributed by atoms with Crippen molar-refractivity contribution >= 4 is 11.5 Å². The molecule has 2 aromatic heterocycles. The number of nitro groups is 1. The number of hydrogen-bond donors (Lipinski definition) is 1. The van der Waals surface area contributed by atoms with Crippen LogP contribution in [0.1, 0.15) is 24.7 Å². The smallest absolute Gasteiger partial charge is 0.333 e. The van der Waals surface area contributed by atoms with E-state index in [1.165, 1.54) is 0 Å². The van der Waals surface area contributed by atoms with Crippen molar-refractivity contribution < 1.29 is 4.92 Å². The molecule has 2 rings (SSSR count). The summed E-state index contributed by atoms with van der Waals surface area (Å²) >= 11 is 0. The fourth-order valence-electron chi connectivity index (χ4n) is 2.02. The van der Waals surface area contributed by atoms with E-state index in [4.69, 9.17) is 0 Å². The van der Waals surface area contributed by atoms with Crippen molar-refractivity contribution in [1.29, 1.82) is 0 Å². The summed E-state index contributed by atoms with van der Waals surface area (Å²) in [5, 5.41) is 18.5. The molecule has 0 aliphatic rings. The maximum Gasteiger partial charge on any atom is 0.333 e. The van der Waals surface area contributed by atoms with Crippen LogP contribution in [0.2, 0.25) is 0 Å². The fourth-order valence-corrected chi connectivity index (χ4v) is 2.02. The molecule has 0 spiro atoms. The van der Waals surface area contributed by atoms with Crippen LogP contribution in [-0.2, 0) is 13.1 Å². The first-order valence-electron chi connectivity index (χ1n) is 6.49. The molecule has 0 atom stereocenters. The topological polar surface area (TPSA) is 85.9 Å². The number of aromatic nitrogens is 3. The fraction of sp³-hybridized carbons (Fsp3) is 0.385. The van der Waals surface area contributed by atoms with E-state index in [1.807, 2.05) is 25.1 Å². The van der Waals surface area contributed by atoms with Crippen molar-refractivity contribution in [3.05, 3.63) is 45.9 Å². The van der Waals surface area contributed by atoms with E-state index in [-0.39, 0.29) is 5.69 Å². The molecule has 0 unspecified atom stereocenters. The van der Waals surface area contributed by atoms with Crippen LogP contribution < -0.4 is 5.32 Å². The minimum Gasteiger partial charge on any atom is -0.359 e. The average Bonchev–Trinajstić information content (AvgIpc) is 2.74. The summed E-state index contributed by atoms with van der Waals surface area (Å²) in [5.74, 6) is 0.444. The highest BCUT2D eigenvalue weighted by molar-refractivity contribution is 5.59. The molecule has 0 aliphatic heterocycles. The second-order valence-corrected chi connectivity index (χ2v) is 4.44. The molecular formula is C13H17N5O2. The summed E-state index contributed by atoms with van der Waals surface area (Å²) in [4.78, 5) is 15.0. The molecule has 0 fully saturated rings. The quantitative estimate of drug-likeness (QED) is 0.646. The zero-order valence-electron chi connectivity index (χ0n) is 11.5. The summed E-state index contributed by atoms with van der Waals surface area (Å²) in [6.45, 7) is 4.72. The normalized spacial score (nSPS) is 10.5. The van der Waals surface area contributed by atoms with E-state index < -0.39 is 4.92 Å². The van der Waals surface area contributed by atoms with Crippen LogP contribution >= 0.6 is 0 Å². The van der Waals surface area contributed by atoms with Crippen LogP contribution in [0.5, 0.6) is 0 Å². The van der Waals surface area contributed by atoms with Gasteiger partial charge in [-0.05, 0) is 25.5 Å². The first-order chi connectivity index (χ1) is 9.63. The van der Waals surface area contributed by atoms with E-state index >= 15 is 0 Å². The maximum atomic E-state index is 11.2. The third-order valence-corrected chi connectivity index (χ3v) is 2.88. The van der Waals surface area contributed by atoms with Gasteiger partial charge in [0, 0.05) is 12.7 Å². The Kier molecular flexibility index (Phi) is 4.29. The molecule has 0 bridgehead atoms. The van der Waals surface area contributed by atoms with Crippen LogP contribution in [0, 0.1) is 17.0 Å². The Morgan fingerprint density at radius 2 is 2.25 bits per heavy atom. The van der Waals surface area contributed by atoms with Gasteiger partial charge in [0.05, 0.1) is 17.2 Å². The Hall–Kier alpha value is -2.44. The van der Waals surface area contributed by atoms with E-state index in [0.29, 0.717) is 24.6 Å². The van der Waals surface area contributed by atoms with Crippen molar-refractivity contribution in [3.8, 4) is 0 Å². The molecule has 0 aromatic carbocycles. The van der Waals surface area contributed by atoms with Gasteiger partial charge in [0.15, 0.2) is 0 Å². The lowest BCUT2D eigenvalue weighted by atomic mass is 10.3. The highest BCUT2D eigenvalue weighted by Crippen LogP contribution is 2.28. The van der Waals surface area contributed by atoms with Gasteiger partial charge in [-0.3, -0.25) is 15.1 Å².